The molecule has 1 heteroatoms. The fraction of sp³-hybridized carbons (Fsp3) is 0.625. The molecule has 17 heavy (non-hydrogen) atoms. The van der Waals surface area contributed by atoms with Gasteiger partial charge < -0.3 is 0 Å². The highest BCUT2D eigenvalue weighted by atomic mass is 27.2. The van der Waals surface area contributed by atoms with Crippen LogP contribution in [0.15, 0.2) is 30.3 Å². The van der Waals surface area contributed by atoms with Gasteiger partial charge in [0.25, 0.3) is 14.1 Å². The van der Waals surface area contributed by atoms with Crippen LogP contribution >= 0.6 is 0 Å². The molecule has 0 N–H and O–H groups in total. The maximum atomic E-state index is 2.39. The van der Waals surface area contributed by atoms with Crippen molar-refractivity contribution in [1.29, 1.82) is 0 Å². The van der Waals surface area contributed by atoms with E-state index in [0.29, 0.717) is 0 Å². The van der Waals surface area contributed by atoms with E-state index in [0.717, 1.165) is 5.92 Å². The molecule has 0 aliphatic heterocycles. The van der Waals surface area contributed by atoms with Gasteiger partial charge in [-0.2, -0.15) is 0 Å². The minimum atomic E-state index is -0.393. The van der Waals surface area contributed by atoms with Crippen LogP contribution in [0.4, 0.5) is 0 Å². The normalized spacial score (nSPS) is 12.4. The molecule has 0 aliphatic rings. The molecule has 1 rings (SSSR count). The zero-order chi connectivity index (χ0) is 12.5. The van der Waals surface area contributed by atoms with Gasteiger partial charge in [0.05, 0.1) is 0 Å². The number of rotatable bonds is 8. The molecule has 0 amide bonds. The van der Waals surface area contributed by atoms with Crippen LogP contribution in [0.3, 0.4) is 0 Å². The first-order chi connectivity index (χ1) is 8.30. The summed E-state index contributed by atoms with van der Waals surface area (Å²) in [7, 11) is 0. The Bertz CT molecular complexity index is 277. The van der Waals surface area contributed by atoms with Gasteiger partial charge in [0.2, 0.25) is 0 Å². The Balaban J connectivity index is 2.37. The Kier molecular flexibility index (Phi) is 7.66. The molecule has 0 bridgehead atoms. The minimum Gasteiger partial charge on any atom is -0.0967 e. The van der Waals surface area contributed by atoms with Crippen LogP contribution < -0.4 is 0 Å². The molecule has 0 nitrogen and oxygen atoms in total. The van der Waals surface area contributed by atoms with Crippen molar-refractivity contribution in [3.05, 3.63) is 35.9 Å². The summed E-state index contributed by atoms with van der Waals surface area (Å²) in [6.45, 7) is 7.15. The van der Waals surface area contributed by atoms with Gasteiger partial charge in [0.15, 0.2) is 0 Å². The van der Waals surface area contributed by atoms with Gasteiger partial charge in [-0.3, -0.25) is 0 Å². The van der Waals surface area contributed by atoms with Crippen LogP contribution in [0.25, 0.3) is 0 Å². The van der Waals surface area contributed by atoms with Gasteiger partial charge in [-0.05, 0) is 18.4 Å². The van der Waals surface area contributed by atoms with Gasteiger partial charge >= 0.3 is 0 Å². The average Bonchev–Trinajstić information content (AvgIpc) is 2.40. The molecule has 0 heterocycles. The van der Waals surface area contributed by atoms with Crippen molar-refractivity contribution in [3.63, 3.8) is 0 Å². The van der Waals surface area contributed by atoms with Gasteiger partial charge in [-0.25, -0.2) is 0 Å². The number of hydrogen-bond acceptors (Lipinski definition) is 0. The second-order valence-corrected chi connectivity index (χ2v) is 9.05. The third kappa shape index (κ3) is 5.76. The fourth-order valence-electron chi connectivity index (χ4n) is 2.60. The van der Waals surface area contributed by atoms with Crippen molar-refractivity contribution in [1.82, 2.24) is 0 Å². The highest BCUT2D eigenvalue weighted by Gasteiger charge is 2.17. The van der Waals surface area contributed by atoms with Crippen LogP contribution in [0.1, 0.15) is 39.2 Å². The highest BCUT2D eigenvalue weighted by Crippen LogP contribution is 2.21. The molecular weight excluding hydrogens is 219 g/mol. The first-order valence-electron chi connectivity index (χ1n) is 7.34. The quantitative estimate of drug-likeness (QED) is 0.554. The Hall–Kier alpha value is -0.248. The molecule has 0 fully saturated rings. The predicted octanol–water partition coefficient (Wildman–Crippen LogP) is 5.18. The van der Waals surface area contributed by atoms with Crippen molar-refractivity contribution in [2.75, 3.05) is 0 Å². The van der Waals surface area contributed by atoms with Crippen molar-refractivity contribution in [2.45, 2.75) is 55.9 Å². The Morgan fingerprint density at radius 1 is 1.00 bits per heavy atom. The molecule has 0 unspecified atom stereocenters. The maximum absolute atomic E-state index is 2.39. The van der Waals surface area contributed by atoms with Gasteiger partial charge in [-0.1, -0.05) is 79.3 Å². The number of hydrogen-bond donors (Lipinski definition) is 0. The molecule has 94 valence electrons. The number of benzene rings is 1. The standard InChI is InChI=1S/C12H17.2C2H5.Al/c1-3-11(2)9-10-12-7-5-4-6-8-12;2*1-2;/h4-8,11H,2-3,9-10H2,1H3;2*1H2,2H3;/t11-;;;/m1.../s1. The average molecular weight is 246 g/mol. The minimum absolute atomic E-state index is 0.393. The van der Waals surface area contributed by atoms with Crippen molar-refractivity contribution < 1.29 is 0 Å². The van der Waals surface area contributed by atoms with E-state index in [4.69, 9.17) is 0 Å². The zero-order valence-corrected chi connectivity index (χ0v) is 12.9. The molecule has 0 saturated heterocycles. The molecule has 0 aromatic heterocycles. The van der Waals surface area contributed by atoms with Crippen LogP contribution in [0.5, 0.6) is 0 Å². The Morgan fingerprint density at radius 3 is 2.18 bits per heavy atom. The van der Waals surface area contributed by atoms with E-state index in [1.54, 1.807) is 5.28 Å². The summed E-state index contributed by atoms with van der Waals surface area (Å²) in [4.78, 5) is 0. The molecule has 0 radical (unpaired) electrons. The van der Waals surface area contributed by atoms with Crippen molar-refractivity contribution in [3.8, 4) is 0 Å². The summed E-state index contributed by atoms with van der Waals surface area (Å²) in [6.07, 6.45) is 4.04. The van der Waals surface area contributed by atoms with E-state index in [1.807, 2.05) is 0 Å². The molecular formula is C16H27Al. The van der Waals surface area contributed by atoms with E-state index in [9.17, 15) is 0 Å². The first-order valence-corrected chi connectivity index (χ1v) is 9.78. The van der Waals surface area contributed by atoms with Crippen LogP contribution in [0.2, 0.25) is 15.8 Å². The van der Waals surface area contributed by atoms with Gasteiger partial charge in [0.1, 0.15) is 0 Å². The molecule has 0 aliphatic carbocycles. The lowest BCUT2D eigenvalue weighted by Gasteiger charge is -2.17. The van der Waals surface area contributed by atoms with Crippen LogP contribution in [-0.4, -0.2) is 14.1 Å². The fourth-order valence-corrected chi connectivity index (χ4v) is 5.35. The highest BCUT2D eigenvalue weighted by molar-refractivity contribution is 6.58. The smallest absolute Gasteiger partial charge is 0.0967 e. The summed E-state index contributed by atoms with van der Waals surface area (Å²) in [6, 6.07) is 11.0. The van der Waals surface area contributed by atoms with E-state index < -0.39 is 14.1 Å². The molecule has 0 saturated carbocycles. The number of aryl methyl sites for hydroxylation is 1. The van der Waals surface area contributed by atoms with Gasteiger partial charge in [-0.15, -0.1) is 0 Å². The van der Waals surface area contributed by atoms with E-state index in [-0.39, 0.29) is 0 Å². The second-order valence-electron chi connectivity index (χ2n) is 5.22. The van der Waals surface area contributed by atoms with E-state index in [1.165, 1.54) is 35.4 Å². The van der Waals surface area contributed by atoms with Gasteiger partial charge in [0, 0.05) is 0 Å². The summed E-state index contributed by atoms with van der Waals surface area (Å²) in [5, 5.41) is 4.53. The van der Waals surface area contributed by atoms with Crippen LogP contribution in [-0.2, 0) is 6.42 Å². The monoisotopic (exact) mass is 246 g/mol. The molecule has 1 aromatic carbocycles. The molecule has 1 aromatic rings. The lowest BCUT2D eigenvalue weighted by atomic mass is 9.99. The van der Waals surface area contributed by atoms with E-state index in [2.05, 4.69) is 51.1 Å². The Morgan fingerprint density at radius 2 is 1.65 bits per heavy atom. The second kappa shape index (κ2) is 8.79. The summed E-state index contributed by atoms with van der Waals surface area (Å²) < 4.78 is 0. The predicted molar refractivity (Wildman–Crippen MR) is 80.1 cm³/mol. The van der Waals surface area contributed by atoms with Crippen molar-refractivity contribution >= 4 is 14.1 Å². The zero-order valence-electron chi connectivity index (χ0n) is 11.8. The van der Waals surface area contributed by atoms with Crippen LogP contribution in [0, 0.1) is 5.92 Å². The Labute approximate surface area is 112 Å². The summed E-state index contributed by atoms with van der Waals surface area (Å²) >= 11 is -0.393. The topological polar surface area (TPSA) is 0 Å². The SMILES string of the molecule is CC[C@H](CCc1ccccc1)[CH2][Al]([CH2]C)[CH2]C. The van der Waals surface area contributed by atoms with Crippen molar-refractivity contribution in [2.24, 2.45) is 5.92 Å². The lowest BCUT2D eigenvalue weighted by Crippen LogP contribution is -2.15. The first kappa shape index (κ1) is 14.8. The summed E-state index contributed by atoms with van der Waals surface area (Å²) in [5.74, 6) is 0.978. The third-order valence-electron chi connectivity index (χ3n) is 4.08. The molecule has 1 atom stereocenters. The van der Waals surface area contributed by atoms with E-state index >= 15 is 0 Å². The largest absolute Gasteiger partial charge is 0.261 e. The maximum Gasteiger partial charge on any atom is 0.261 e. The third-order valence-corrected chi connectivity index (χ3v) is 7.73. The summed E-state index contributed by atoms with van der Waals surface area (Å²) in [5.41, 5.74) is 1.51. The molecule has 0 spiro atoms. The lowest BCUT2D eigenvalue weighted by molar-refractivity contribution is 0.511.